The van der Waals surface area contributed by atoms with Gasteiger partial charge in [-0.1, -0.05) is 95.7 Å². The van der Waals surface area contributed by atoms with Crippen molar-refractivity contribution in [1.29, 1.82) is 0 Å². The molecule has 0 aromatic heterocycles. The van der Waals surface area contributed by atoms with Crippen LogP contribution in [0.4, 0.5) is 11.4 Å². The topological polar surface area (TPSA) is 126 Å². The molecule has 11 nitrogen and oxygen atoms in total. The van der Waals surface area contributed by atoms with E-state index >= 15 is 4.79 Å². The number of carbonyl (C=O) groups excluding carboxylic acids is 4. The number of anilines is 2. The first-order chi connectivity index (χ1) is 27.3. The maximum absolute atomic E-state index is 15.4. The highest BCUT2D eigenvalue weighted by Crippen LogP contribution is 2.60. The van der Waals surface area contributed by atoms with Crippen molar-refractivity contribution in [3.63, 3.8) is 0 Å². The molecule has 1 unspecified atom stereocenters. The Balaban J connectivity index is 1.26. The lowest BCUT2D eigenvalue weighted by Crippen LogP contribution is -2.54. The third-order valence-corrected chi connectivity index (χ3v) is 16.7. The summed E-state index contributed by atoms with van der Waals surface area (Å²) in [6.07, 6.45) is -1.16. The van der Waals surface area contributed by atoms with Crippen LogP contribution < -0.4 is 19.7 Å². The Morgan fingerprint density at radius 3 is 2.37 bits per heavy atom. The first-order valence-electron chi connectivity index (χ1n) is 19.2. The summed E-state index contributed by atoms with van der Waals surface area (Å²) < 4.78 is 18.9. The lowest BCUT2D eigenvalue weighted by atomic mass is 9.82. The third-order valence-electron chi connectivity index (χ3n) is 11.8. The van der Waals surface area contributed by atoms with Gasteiger partial charge in [0.1, 0.15) is 5.75 Å². The summed E-state index contributed by atoms with van der Waals surface area (Å²) in [7, 11) is -0.920. The molecule has 3 amide bonds. The van der Waals surface area contributed by atoms with Gasteiger partial charge < -0.3 is 29.1 Å². The number of ether oxygens (including phenoxy) is 3. The highest BCUT2D eigenvalue weighted by Gasteiger charge is 2.66. The molecule has 2 saturated heterocycles. The van der Waals surface area contributed by atoms with E-state index < -0.39 is 32.0 Å². The van der Waals surface area contributed by atoms with Crippen LogP contribution in [0.2, 0.25) is 18.6 Å². The number of hydrogen-bond acceptors (Lipinski definition) is 8. The van der Waals surface area contributed by atoms with E-state index in [1.165, 1.54) is 11.8 Å². The van der Waals surface area contributed by atoms with Gasteiger partial charge >= 0.3 is 5.97 Å². The smallest absolute Gasteiger partial charge is 0.304 e. The van der Waals surface area contributed by atoms with Crippen LogP contribution in [0.15, 0.2) is 102 Å². The van der Waals surface area contributed by atoms with Gasteiger partial charge in [-0.05, 0) is 59.1 Å². The number of aliphatic hydroxyl groups excluding tert-OH is 1. The van der Waals surface area contributed by atoms with Crippen molar-refractivity contribution in [2.75, 3.05) is 30.1 Å². The molecule has 3 heterocycles. The summed E-state index contributed by atoms with van der Waals surface area (Å²) >= 11 is 3.67. The van der Waals surface area contributed by atoms with Crippen molar-refractivity contribution in [3.05, 3.63) is 118 Å². The van der Waals surface area contributed by atoms with Crippen LogP contribution in [0.3, 0.4) is 0 Å². The van der Waals surface area contributed by atoms with Crippen molar-refractivity contribution in [2.45, 2.75) is 76.3 Å². The number of nitrogens with zero attached hydrogens (tertiary/aromatic N) is 3. The van der Waals surface area contributed by atoms with Crippen molar-refractivity contribution in [2.24, 2.45) is 5.92 Å². The van der Waals surface area contributed by atoms with E-state index in [1.807, 2.05) is 78.9 Å². The van der Waals surface area contributed by atoms with Crippen molar-refractivity contribution in [1.82, 2.24) is 4.90 Å². The van der Waals surface area contributed by atoms with Crippen LogP contribution >= 0.6 is 15.9 Å². The van der Waals surface area contributed by atoms with E-state index in [1.54, 1.807) is 23.0 Å². The Hall–Kier alpha value is -4.82. The van der Waals surface area contributed by atoms with Gasteiger partial charge in [-0.2, -0.15) is 0 Å². The van der Waals surface area contributed by atoms with Crippen LogP contribution in [0.25, 0.3) is 0 Å². The number of methoxy groups -OCH3 is 1. The molecule has 0 radical (unpaired) electrons. The molecule has 2 fully saturated rings. The number of aliphatic hydroxyl groups is 1. The summed E-state index contributed by atoms with van der Waals surface area (Å²) in [4.78, 5) is 59.0. The monoisotopic (exact) mass is 853 g/mol. The number of β-lactam (4-membered cyclic amide) rings is 1. The molecule has 3 aliphatic rings. The zero-order chi connectivity index (χ0) is 40.6. The van der Waals surface area contributed by atoms with E-state index in [-0.39, 0.29) is 61.7 Å². The van der Waals surface area contributed by atoms with Crippen molar-refractivity contribution in [3.8, 4) is 5.75 Å². The molecule has 13 heteroatoms. The van der Waals surface area contributed by atoms with E-state index in [0.717, 1.165) is 32.1 Å². The Morgan fingerprint density at radius 2 is 1.70 bits per heavy atom. The van der Waals surface area contributed by atoms with Crippen molar-refractivity contribution >= 4 is 64.3 Å². The molecule has 3 aliphatic heterocycles. The minimum absolute atomic E-state index is 0.0300. The second-order valence-electron chi connectivity index (χ2n) is 15.6. The predicted octanol–water partition coefficient (Wildman–Crippen LogP) is 6.26. The lowest BCUT2D eigenvalue weighted by molar-refractivity contribution is -0.154. The molecule has 1 N–H and O–H groups in total. The highest BCUT2D eigenvalue weighted by molar-refractivity contribution is 9.10. The van der Waals surface area contributed by atoms with Gasteiger partial charge in [0.05, 0.1) is 53.0 Å². The standard InChI is InChI=1S/C44H48BrN3O8Si/c1-28-42(57(4,5)35-17-15-34(54-3)16-18-35)38(24-39(51)46(20-21-49)26-30-10-7-6-8-11-30)56-44(28)36-23-32(45)14-19-37(36)47(43(44)53)27-31-12-9-13-33(22-31)48-40(52)25-41(48)55-29(2)50/h6-19,22-23,28,38,41-42,49H,20-21,24-27H2,1-5H3/t28-,38+,41?,42-,44+/m0/s1. The fraction of sp³-hybridized carbons (Fsp3) is 0.364. The van der Waals surface area contributed by atoms with Gasteiger partial charge in [0.15, 0.2) is 11.8 Å². The van der Waals surface area contributed by atoms with Gasteiger partial charge in [-0.15, -0.1) is 0 Å². The summed E-state index contributed by atoms with van der Waals surface area (Å²) in [6.45, 7) is 8.45. The zero-order valence-corrected chi connectivity index (χ0v) is 35.4. The maximum Gasteiger partial charge on any atom is 0.304 e. The van der Waals surface area contributed by atoms with Gasteiger partial charge in [0.25, 0.3) is 5.91 Å². The Kier molecular flexibility index (Phi) is 11.5. The number of fused-ring (bicyclic) bond motifs is 2. The van der Waals surface area contributed by atoms with Gasteiger partial charge in [0.2, 0.25) is 11.8 Å². The number of esters is 1. The average molecular weight is 855 g/mol. The SMILES string of the molecule is COc1ccc([Si](C)(C)[C@@H]2[C@@H](CC(=O)N(CCO)Cc3ccccc3)O[C@]3(C(=O)N(Cc4cccc(N5C(=O)CC5OC(C)=O)c4)c4ccc(Br)cc43)[C@H]2C)cc1. The molecule has 4 aromatic carbocycles. The van der Waals surface area contributed by atoms with E-state index in [2.05, 4.69) is 48.1 Å². The van der Waals surface area contributed by atoms with E-state index in [0.29, 0.717) is 17.9 Å². The number of carbonyl (C=O) groups is 4. The Morgan fingerprint density at radius 1 is 0.982 bits per heavy atom. The normalized spacial score (nSPS) is 22.7. The molecule has 5 atom stereocenters. The first kappa shape index (κ1) is 40.4. The average Bonchev–Trinajstić information content (AvgIpc) is 3.60. The Labute approximate surface area is 342 Å². The summed E-state index contributed by atoms with van der Waals surface area (Å²) in [5, 5.41) is 11.2. The second-order valence-corrected chi connectivity index (χ2v) is 21.2. The van der Waals surface area contributed by atoms with E-state index in [9.17, 15) is 19.5 Å². The minimum Gasteiger partial charge on any atom is -0.497 e. The lowest BCUT2D eigenvalue weighted by Gasteiger charge is -2.39. The highest BCUT2D eigenvalue weighted by atomic mass is 79.9. The molecule has 57 heavy (non-hydrogen) atoms. The molecule has 4 aromatic rings. The number of rotatable bonds is 13. The Bertz CT molecular complexity index is 2170. The van der Waals surface area contributed by atoms with E-state index in [4.69, 9.17) is 14.2 Å². The van der Waals surface area contributed by atoms with Crippen LogP contribution in [0, 0.1) is 5.92 Å². The fourth-order valence-electron chi connectivity index (χ4n) is 9.13. The minimum atomic E-state index is -2.56. The zero-order valence-electron chi connectivity index (χ0n) is 32.8. The maximum atomic E-state index is 15.4. The van der Waals surface area contributed by atoms with Crippen LogP contribution in [0.1, 0.15) is 43.4 Å². The van der Waals surface area contributed by atoms with Crippen LogP contribution in [0.5, 0.6) is 5.75 Å². The summed E-state index contributed by atoms with van der Waals surface area (Å²) in [5.74, 6) is -0.610. The molecular formula is C44H48BrN3O8Si. The molecule has 0 bridgehead atoms. The second kappa shape index (κ2) is 16.2. The first-order valence-corrected chi connectivity index (χ1v) is 23.1. The summed E-state index contributed by atoms with van der Waals surface area (Å²) in [5.41, 5.74) is 2.15. The largest absolute Gasteiger partial charge is 0.497 e. The number of hydrogen-bond donors (Lipinski definition) is 1. The molecule has 0 saturated carbocycles. The molecule has 1 spiro atoms. The quantitative estimate of drug-likeness (QED) is 0.0951. The number of halogens is 1. The fourth-order valence-corrected chi connectivity index (χ4v) is 13.5. The van der Waals surface area contributed by atoms with Gasteiger partial charge in [-0.25, -0.2) is 0 Å². The molecular weight excluding hydrogens is 806 g/mol. The van der Waals surface area contributed by atoms with Crippen LogP contribution in [-0.4, -0.2) is 74.4 Å². The summed E-state index contributed by atoms with van der Waals surface area (Å²) in [6, 6.07) is 30.9. The molecule has 0 aliphatic carbocycles. The van der Waals surface area contributed by atoms with Crippen molar-refractivity contribution < 1.29 is 38.5 Å². The van der Waals surface area contributed by atoms with Gasteiger partial charge in [-0.3, -0.25) is 24.1 Å². The predicted molar refractivity (Wildman–Crippen MR) is 223 cm³/mol. The third kappa shape index (κ3) is 7.53. The number of benzene rings is 4. The van der Waals surface area contributed by atoms with Gasteiger partial charge in [0, 0.05) is 41.7 Å². The number of amides is 3. The van der Waals surface area contributed by atoms with Crippen LogP contribution in [-0.2, 0) is 47.3 Å². The molecule has 7 rings (SSSR count). The molecule has 298 valence electrons.